The molecule has 1 aromatic rings. The van der Waals surface area contributed by atoms with E-state index in [4.69, 9.17) is 21.7 Å². The van der Waals surface area contributed by atoms with E-state index in [0.29, 0.717) is 17.9 Å². The zero-order chi connectivity index (χ0) is 19.5. The average Bonchev–Trinajstić information content (AvgIpc) is 2.60. The molecule has 26 heavy (non-hydrogen) atoms. The van der Waals surface area contributed by atoms with Gasteiger partial charge in [0.15, 0.2) is 5.11 Å². The quantitative estimate of drug-likeness (QED) is 0.396. The Hall–Kier alpha value is -2.52. The Bertz CT molecular complexity index is 664. The maximum atomic E-state index is 12.1. The van der Waals surface area contributed by atoms with Crippen LogP contribution in [0.1, 0.15) is 23.2 Å². The third-order valence-electron chi connectivity index (χ3n) is 3.17. The zero-order valence-corrected chi connectivity index (χ0v) is 15.9. The molecule has 142 valence electrons. The van der Waals surface area contributed by atoms with Gasteiger partial charge >= 0.3 is 5.97 Å². The Morgan fingerprint density at radius 3 is 2.46 bits per heavy atom. The number of ether oxygens (including phenoxy) is 2. The monoisotopic (exact) mass is 381 g/mol. The van der Waals surface area contributed by atoms with Crippen LogP contribution in [0, 0.1) is 0 Å². The van der Waals surface area contributed by atoms with Crippen LogP contribution in [0.3, 0.4) is 0 Å². The molecule has 0 unspecified atom stereocenters. The van der Waals surface area contributed by atoms with Gasteiger partial charge in [0.05, 0.1) is 24.3 Å². The molecule has 0 bridgehead atoms. The molecular formula is C17H23N3O5S. The van der Waals surface area contributed by atoms with Crippen molar-refractivity contribution in [2.75, 3.05) is 39.7 Å². The summed E-state index contributed by atoms with van der Waals surface area (Å²) >= 11 is 5.09. The van der Waals surface area contributed by atoms with Crippen molar-refractivity contribution in [1.82, 2.24) is 10.2 Å². The van der Waals surface area contributed by atoms with Crippen LogP contribution in [0.2, 0.25) is 0 Å². The van der Waals surface area contributed by atoms with Gasteiger partial charge in [-0.1, -0.05) is 12.1 Å². The summed E-state index contributed by atoms with van der Waals surface area (Å²) in [5.41, 5.74) is 0.909. The number of methoxy groups -OCH3 is 1. The lowest BCUT2D eigenvalue weighted by Crippen LogP contribution is -2.35. The number of rotatable bonds is 8. The van der Waals surface area contributed by atoms with E-state index in [1.54, 1.807) is 38.4 Å². The van der Waals surface area contributed by atoms with Gasteiger partial charge in [-0.05, 0) is 24.4 Å². The molecule has 0 spiro atoms. The molecule has 9 heteroatoms. The van der Waals surface area contributed by atoms with Crippen molar-refractivity contribution in [3.05, 3.63) is 29.8 Å². The molecule has 0 radical (unpaired) electrons. The topological polar surface area (TPSA) is 97.0 Å². The normalized spacial score (nSPS) is 9.96. The maximum Gasteiger partial charge on any atom is 0.306 e. The highest BCUT2D eigenvalue weighted by atomic mass is 32.1. The largest absolute Gasteiger partial charge is 0.463 e. The Morgan fingerprint density at radius 2 is 1.81 bits per heavy atom. The highest BCUT2D eigenvalue weighted by Crippen LogP contribution is 2.16. The van der Waals surface area contributed by atoms with Crippen molar-refractivity contribution in [1.29, 1.82) is 0 Å². The van der Waals surface area contributed by atoms with Gasteiger partial charge < -0.3 is 25.0 Å². The van der Waals surface area contributed by atoms with Crippen LogP contribution in [0.4, 0.5) is 5.69 Å². The van der Waals surface area contributed by atoms with E-state index < -0.39 is 11.9 Å². The lowest BCUT2D eigenvalue weighted by molar-refractivity contribution is -0.146. The first-order valence-electron chi connectivity index (χ1n) is 7.91. The summed E-state index contributed by atoms with van der Waals surface area (Å²) in [6, 6.07) is 6.82. The minimum atomic E-state index is -0.488. The number of esters is 1. The summed E-state index contributed by atoms with van der Waals surface area (Å²) < 4.78 is 9.62. The summed E-state index contributed by atoms with van der Waals surface area (Å²) in [4.78, 5) is 36.9. The SMILES string of the molecule is COCCOC(=O)CCC(=O)NC(=S)Nc1ccccc1C(=O)N(C)C. The molecule has 0 aromatic heterocycles. The Balaban J connectivity index is 2.51. The first-order chi connectivity index (χ1) is 12.3. The molecule has 1 rings (SSSR count). The average molecular weight is 381 g/mol. The van der Waals surface area contributed by atoms with Gasteiger partial charge in [-0.15, -0.1) is 0 Å². The number of nitrogens with one attached hydrogen (secondary N) is 2. The first kappa shape index (κ1) is 21.5. The second-order valence-corrected chi connectivity index (χ2v) is 5.87. The number of hydrogen-bond acceptors (Lipinski definition) is 6. The first-order valence-corrected chi connectivity index (χ1v) is 8.32. The Labute approximate surface area is 157 Å². The predicted molar refractivity (Wildman–Crippen MR) is 101 cm³/mol. The van der Waals surface area contributed by atoms with Crippen LogP contribution in [0.15, 0.2) is 24.3 Å². The molecule has 1 aromatic carbocycles. The lowest BCUT2D eigenvalue weighted by atomic mass is 10.1. The molecule has 0 aliphatic heterocycles. The molecule has 2 N–H and O–H groups in total. The van der Waals surface area contributed by atoms with Crippen LogP contribution < -0.4 is 10.6 Å². The number of nitrogens with zero attached hydrogens (tertiary/aromatic N) is 1. The summed E-state index contributed by atoms with van der Waals surface area (Å²) in [5.74, 6) is -1.11. The summed E-state index contributed by atoms with van der Waals surface area (Å²) in [7, 11) is 4.79. The number of anilines is 1. The predicted octanol–water partition coefficient (Wildman–Crippen LogP) is 1.17. The van der Waals surface area contributed by atoms with E-state index in [2.05, 4.69) is 10.6 Å². The number of hydrogen-bond donors (Lipinski definition) is 2. The Kier molecular flexibility index (Phi) is 9.24. The number of thiocarbonyl (C=S) groups is 1. The maximum absolute atomic E-state index is 12.1. The van der Waals surface area contributed by atoms with Crippen molar-refractivity contribution in [2.24, 2.45) is 0 Å². The fraction of sp³-hybridized carbons (Fsp3) is 0.412. The number of benzene rings is 1. The van der Waals surface area contributed by atoms with Crippen LogP contribution in [-0.4, -0.2) is 62.2 Å². The molecule has 0 atom stereocenters. The van der Waals surface area contributed by atoms with Crippen LogP contribution in [-0.2, 0) is 19.1 Å². The summed E-state index contributed by atoms with van der Waals surface area (Å²) in [6.07, 6.45) is -0.125. The number of carbonyl (C=O) groups excluding carboxylic acids is 3. The molecule has 0 saturated heterocycles. The van der Waals surface area contributed by atoms with Crippen molar-refractivity contribution in [3.63, 3.8) is 0 Å². The van der Waals surface area contributed by atoms with Crippen LogP contribution >= 0.6 is 12.2 Å². The molecule has 0 saturated carbocycles. The van der Waals surface area contributed by atoms with Crippen molar-refractivity contribution in [2.45, 2.75) is 12.8 Å². The van der Waals surface area contributed by atoms with Crippen molar-refractivity contribution >= 4 is 40.8 Å². The molecule has 0 fully saturated rings. The minimum Gasteiger partial charge on any atom is -0.463 e. The standard InChI is InChI=1S/C17H23N3O5S/c1-20(2)16(23)12-6-4-5-7-13(12)18-17(26)19-14(21)8-9-15(22)25-11-10-24-3/h4-7H,8-11H2,1-3H3,(H2,18,19,21,26). The second kappa shape index (κ2) is 11.2. The highest BCUT2D eigenvalue weighted by molar-refractivity contribution is 7.80. The Morgan fingerprint density at radius 1 is 1.12 bits per heavy atom. The smallest absolute Gasteiger partial charge is 0.306 e. The van der Waals surface area contributed by atoms with Gasteiger partial charge in [0.25, 0.3) is 5.91 Å². The van der Waals surface area contributed by atoms with Gasteiger partial charge in [0.1, 0.15) is 6.61 Å². The van der Waals surface area contributed by atoms with Crippen LogP contribution in [0.25, 0.3) is 0 Å². The van der Waals surface area contributed by atoms with Gasteiger partial charge in [-0.3, -0.25) is 14.4 Å². The molecule has 2 amide bonds. The molecule has 0 aliphatic carbocycles. The third kappa shape index (κ3) is 7.58. The van der Waals surface area contributed by atoms with Gasteiger partial charge in [0, 0.05) is 27.6 Å². The van der Waals surface area contributed by atoms with Crippen LogP contribution in [0.5, 0.6) is 0 Å². The zero-order valence-electron chi connectivity index (χ0n) is 15.0. The van der Waals surface area contributed by atoms with E-state index in [-0.39, 0.29) is 30.5 Å². The molecule has 8 nitrogen and oxygen atoms in total. The lowest BCUT2D eigenvalue weighted by Gasteiger charge is -2.16. The molecular weight excluding hydrogens is 358 g/mol. The fourth-order valence-corrected chi connectivity index (χ4v) is 2.11. The number of para-hydroxylation sites is 1. The van der Waals surface area contributed by atoms with Gasteiger partial charge in [0.2, 0.25) is 5.91 Å². The van der Waals surface area contributed by atoms with Gasteiger partial charge in [-0.25, -0.2) is 0 Å². The summed E-state index contributed by atoms with van der Waals surface area (Å²) in [6.45, 7) is 0.449. The van der Waals surface area contributed by atoms with E-state index in [0.717, 1.165) is 0 Å². The van der Waals surface area contributed by atoms with E-state index in [1.165, 1.54) is 12.0 Å². The van der Waals surface area contributed by atoms with Gasteiger partial charge in [-0.2, -0.15) is 0 Å². The second-order valence-electron chi connectivity index (χ2n) is 5.46. The fourth-order valence-electron chi connectivity index (χ4n) is 1.89. The van der Waals surface area contributed by atoms with Crippen molar-refractivity contribution < 1.29 is 23.9 Å². The van der Waals surface area contributed by atoms with E-state index in [9.17, 15) is 14.4 Å². The van der Waals surface area contributed by atoms with E-state index in [1.807, 2.05) is 0 Å². The van der Waals surface area contributed by atoms with Crippen molar-refractivity contribution in [3.8, 4) is 0 Å². The number of amides is 2. The molecule has 0 aliphatic rings. The summed E-state index contributed by atoms with van der Waals surface area (Å²) in [5, 5.41) is 5.34. The third-order valence-corrected chi connectivity index (χ3v) is 3.38. The van der Waals surface area contributed by atoms with E-state index >= 15 is 0 Å². The minimum absolute atomic E-state index is 0.0433. The molecule has 0 heterocycles. The number of carbonyl (C=O) groups is 3. The highest BCUT2D eigenvalue weighted by Gasteiger charge is 2.15.